The van der Waals surface area contributed by atoms with Gasteiger partial charge in [-0.3, -0.25) is 4.79 Å². The molecule has 4 atom stereocenters. The molecule has 1 aliphatic carbocycles. The Morgan fingerprint density at radius 3 is 2.79 bits per heavy atom. The maximum Gasteiger partial charge on any atom is 0.242 e. The highest BCUT2D eigenvalue weighted by Crippen LogP contribution is 2.29. The second kappa shape index (κ2) is 8.65. The quantitative estimate of drug-likeness (QED) is 0.771. The van der Waals surface area contributed by atoms with Crippen molar-refractivity contribution in [1.29, 1.82) is 0 Å². The first kappa shape index (κ1) is 21.5. The smallest absolute Gasteiger partial charge is 0.242 e. The number of nitrogens with one attached hydrogen (secondary N) is 1. The third-order valence-corrected chi connectivity index (χ3v) is 7.95. The summed E-state index contributed by atoms with van der Waals surface area (Å²) in [6.45, 7) is 7.65. The van der Waals surface area contributed by atoms with Gasteiger partial charge < -0.3 is 9.84 Å². The van der Waals surface area contributed by atoms with Gasteiger partial charge in [0, 0.05) is 11.6 Å². The van der Waals surface area contributed by atoms with Gasteiger partial charge in [-0.05, 0) is 38.2 Å². The minimum Gasteiger partial charge on any atom is -0.352 e. The molecule has 0 aliphatic heterocycles. The van der Waals surface area contributed by atoms with Crippen LogP contribution < -0.4 is 5.32 Å². The number of carbonyl (C=O) groups excluding carboxylic acids is 1. The van der Waals surface area contributed by atoms with Gasteiger partial charge in [0.25, 0.3) is 0 Å². The highest BCUT2D eigenvalue weighted by atomic mass is 32.2. The van der Waals surface area contributed by atoms with Gasteiger partial charge in [0.2, 0.25) is 17.6 Å². The topological polar surface area (TPSA) is 102 Å². The zero-order valence-corrected chi connectivity index (χ0v) is 18.2. The summed E-state index contributed by atoms with van der Waals surface area (Å²) in [5.74, 6) is 0.239. The van der Waals surface area contributed by atoms with Crippen LogP contribution in [0.15, 0.2) is 28.8 Å². The van der Waals surface area contributed by atoms with Crippen LogP contribution in [-0.2, 0) is 20.4 Å². The van der Waals surface area contributed by atoms with E-state index in [0.29, 0.717) is 17.7 Å². The van der Waals surface area contributed by atoms with Gasteiger partial charge in [-0.25, -0.2) is 8.42 Å². The number of hydrogen-bond donors (Lipinski definition) is 1. The molecule has 3 rings (SSSR count). The number of sulfone groups is 1. The lowest BCUT2D eigenvalue weighted by Crippen LogP contribution is -2.48. The fourth-order valence-electron chi connectivity index (χ4n) is 3.76. The summed E-state index contributed by atoms with van der Waals surface area (Å²) in [5.41, 5.74) is 1.79. The van der Waals surface area contributed by atoms with Gasteiger partial charge in [-0.2, -0.15) is 4.98 Å². The van der Waals surface area contributed by atoms with E-state index < -0.39 is 26.7 Å². The first-order valence-electron chi connectivity index (χ1n) is 10.1. The molecule has 158 valence electrons. The molecule has 1 aromatic carbocycles. The average Bonchev–Trinajstić information content (AvgIpc) is 3.12. The fourth-order valence-corrected chi connectivity index (χ4v) is 4.87. The van der Waals surface area contributed by atoms with Crippen molar-refractivity contribution in [3.05, 3.63) is 35.7 Å². The molecule has 1 aromatic heterocycles. The molecule has 0 saturated heterocycles. The fraction of sp³-hybridized carbons (Fsp3) is 0.571. The second-order valence-electron chi connectivity index (χ2n) is 8.21. The van der Waals surface area contributed by atoms with Gasteiger partial charge in [-0.1, -0.05) is 55.6 Å². The third-order valence-electron chi connectivity index (χ3n) is 6.01. The van der Waals surface area contributed by atoms with Gasteiger partial charge in [-0.15, -0.1) is 0 Å². The number of carbonyl (C=O) groups is 1. The summed E-state index contributed by atoms with van der Waals surface area (Å²) < 4.78 is 30.6. The number of nitrogens with zero attached hydrogens (tertiary/aromatic N) is 2. The Labute approximate surface area is 172 Å². The van der Waals surface area contributed by atoms with Gasteiger partial charge >= 0.3 is 0 Å². The van der Waals surface area contributed by atoms with E-state index in [0.717, 1.165) is 30.4 Å². The molecule has 8 heteroatoms. The first-order valence-corrected chi connectivity index (χ1v) is 11.8. The number of rotatable bonds is 6. The summed E-state index contributed by atoms with van der Waals surface area (Å²) in [6, 6.07) is 7.56. The second-order valence-corrected chi connectivity index (χ2v) is 10.5. The average molecular weight is 420 g/mol. The largest absolute Gasteiger partial charge is 0.352 e. The predicted molar refractivity (Wildman–Crippen MR) is 111 cm³/mol. The van der Waals surface area contributed by atoms with Crippen LogP contribution in [0.1, 0.15) is 51.5 Å². The molecule has 0 radical (unpaired) electrons. The zero-order chi connectivity index (χ0) is 21.2. The Bertz CT molecular complexity index is 970. The summed E-state index contributed by atoms with van der Waals surface area (Å²) >= 11 is 0. The van der Waals surface area contributed by atoms with Crippen LogP contribution in [0.3, 0.4) is 0 Å². The van der Waals surface area contributed by atoms with Gasteiger partial charge in [0.15, 0.2) is 9.84 Å². The molecule has 1 amide bonds. The van der Waals surface area contributed by atoms with Crippen LogP contribution in [0.25, 0.3) is 11.4 Å². The number of aryl methyl sites for hydroxylation is 1. The lowest BCUT2D eigenvalue weighted by molar-refractivity contribution is -0.121. The van der Waals surface area contributed by atoms with E-state index in [1.165, 1.54) is 6.92 Å². The highest BCUT2D eigenvalue weighted by Gasteiger charge is 2.34. The molecule has 1 aliphatic rings. The minimum absolute atomic E-state index is 0.0131. The molecule has 1 heterocycles. The molecular formula is C21H29N3O4S. The molecule has 0 spiro atoms. The van der Waals surface area contributed by atoms with Gasteiger partial charge in [0.1, 0.15) is 11.0 Å². The van der Waals surface area contributed by atoms with Crippen molar-refractivity contribution < 1.29 is 17.7 Å². The Balaban J connectivity index is 1.66. The van der Waals surface area contributed by atoms with E-state index in [4.69, 9.17) is 4.52 Å². The van der Waals surface area contributed by atoms with Crippen LogP contribution in [0, 0.1) is 18.8 Å². The molecule has 1 fully saturated rings. The lowest BCUT2D eigenvalue weighted by Gasteiger charge is -2.35. The molecule has 1 N–H and O–H groups in total. The van der Waals surface area contributed by atoms with E-state index in [1.54, 1.807) is 0 Å². The predicted octanol–water partition coefficient (Wildman–Crippen LogP) is 3.29. The van der Waals surface area contributed by atoms with Crippen LogP contribution in [0.5, 0.6) is 0 Å². The van der Waals surface area contributed by atoms with Crippen molar-refractivity contribution in [3.8, 4) is 11.4 Å². The van der Waals surface area contributed by atoms with E-state index in [9.17, 15) is 13.2 Å². The van der Waals surface area contributed by atoms with Crippen LogP contribution >= 0.6 is 0 Å². The molecular weight excluding hydrogens is 390 g/mol. The number of aromatic nitrogens is 2. The lowest BCUT2D eigenvalue weighted by atomic mass is 9.78. The van der Waals surface area contributed by atoms with E-state index in [-0.39, 0.29) is 11.9 Å². The summed E-state index contributed by atoms with van der Waals surface area (Å²) in [5, 5.41) is 5.64. The molecule has 2 aromatic rings. The first-order chi connectivity index (χ1) is 13.7. The standard InChI is InChI=1S/C21H29N3O4S/c1-13-7-5-9-17(11-13)20-23-19(28-24-20)12-29(26,27)16(4)21(25)22-18-10-6-8-14(2)15(18)3/h5,7,9,11,14-16,18H,6,8,10,12H2,1-4H3,(H,22,25). The molecule has 1 saturated carbocycles. The Hall–Kier alpha value is -2.22. The Morgan fingerprint density at radius 1 is 1.31 bits per heavy atom. The van der Waals surface area contributed by atoms with Crippen molar-refractivity contribution in [2.45, 2.75) is 64.0 Å². The Kier molecular flexibility index (Phi) is 6.41. The molecule has 4 unspecified atom stereocenters. The molecule has 29 heavy (non-hydrogen) atoms. The van der Waals surface area contributed by atoms with Crippen molar-refractivity contribution in [3.63, 3.8) is 0 Å². The van der Waals surface area contributed by atoms with Crippen molar-refractivity contribution in [1.82, 2.24) is 15.5 Å². The third kappa shape index (κ3) is 5.04. The zero-order valence-electron chi connectivity index (χ0n) is 17.4. The van der Waals surface area contributed by atoms with Crippen molar-refractivity contribution in [2.24, 2.45) is 11.8 Å². The maximum atomic E-state index is 12.7. The minimum atomic E-state index is -3.78. The van der Waals surface area contributed by atoms with Crippen LogP contribution in [0.2, 0.25) is 0 Å². The van der Waals surface area contributed by atoms with E-state index >= 15 is 0 Å². The van der Waals surface area contributed by atoms with Crippen LogP contribution in [-0.4, -0.2) is 35.8 Å². The van der Waals surface area contributed by atoms with E-state index in [2.05, 4.69) is 29.3 Å². The summed E-state index contributed by atoms with van der Waals surface area (Å²) in [4.78, 5) is 16.8. The number of amides is 1. The molecule has 7 nitrogen and oxygen atoms in total. The van der Waals surface area contributed by atoms with Crippen molar-refractivity contribution in [2.75, 3.05) is 0 Å². The monoisotopic (exact) mass is 419 g/mol. The van der Waals surface area contributed by atoms with Crippen molar-refractivity contribution >= 4 is 15.7 Å². The Morgan fingerprint density at radius 2 is 2.07 bits per heavy atom. The molecule has 0 bridgehead atoms. The number of benzene rings is 1. The summed E-state index contributed by atoms with van der Waals surface area (Å²) in [6.07, 6.45) is 3.07. The SMILES string of the molecule is Cc1cccc(-c2noc(CS(=O)(=O)C(C)C(=O)NC3CCCC(C)C3C)n2)c1. The number of hydrogen-bond acceptors (Lipinski definition) is 6. The van der Waals surface area contributed by atoms with Crippen LogP contribution in [0.4, 0.5) is 0 Å². The highest BCUT2D eigenvalue weighted by molar-refractivity contribution is 7.92. The maximum absolute atomic E-state index is 12.7. The normalized spacial score (nSPS) is 23.5. The van der Waals surface area contributed by atoms with Gasteiger partial charge in [0.05, 0.1) is 0 Å². The summed E-state index contributed by atoms with van der Waals surface area (Å²) in [7, 11) is -3.78. The van der Waals surface area contributed by atoms with E-state index in [1.807, 2.05) is 31.2 Å².